The van der Waals surface area contributed by atoms with Crippen LogP contribution in [0.1, 0.15) is 30.1 Å². The van der Waals surface area contributed by atoms with E-state index >= 15 is 0 Å². The lowest BCUT2D eigenvalue weighted by molar-refractivity contribution is 0.251. The predicted molar refractivity (Wildman–Crippen MR) is 69.4 cm³/mol. The Kier molecular flexibility index (Phi) is 2.63. The third-order valence-electron chi connectivity index (χ3n) is 3.80. The predicted octanol–water partition coefficient (Wildman–Crippen LogP) is 2.45. The lowest BCUT2D eigenvalue weighted by Crippen LogP contribution is -2.29. The van der Waals surface area contributed by atoms with Crippen molar-refractivity contribution < 1.29 is 0 Å². The number of fused-ring (bicyclic) bond motifs is 1. The number of aryl methyl sites for hydroxylation is 1. The fourth-order valence-corrected chi connectivity index (χ4v) is 2.70. The Balaban J connectivity index is 1.95. The molecule has 2 aromatic heterocycles. The average molecular weight is 229 g/mol. The first kappa shape index (κ1) is 10.8. The van der Waals surface area contributed by atoms with Crippen LogP contribution in [0.5, 0.6) is 0 Å². The van der Waals surface area contributed by atoms with E-state index in [2.05, 4.69) is 46.6 Å². The first-order valence-electron chi connectivity index (χ1n) is 6.36. The fourth-order valence-electron chi connectivity index (χ4n) is 2.70. The number of likely N-dealkylation sites (tertiary alicyclic amines) is 1. The van der Waals surface area contributed by atoms with Crippen molar-refractivity contribution in [1.29, 1.82) is 0 Å². The smallest absolute Gasteiger partial charge is 0.116 e. The highest BCUT2D eigenvalue weighted by atomic mass is 15.1. The Hall–Kier alpha value is -1.35. The zero-order chi connectivity index (χ0) is 11.8. The molecule has 2 aromatic rings. The largest absolute Gasteiger partial charge is 0.306 e. The quantitative estimate of drug-likeness (QED) is 0.748. The summed E-state index contributed by atoms with van der Waals surface area (Å²) in [6.07, 6.45) is 6.61. The van der Waals surface area contributed by atoms with E-state index in [1.54, 1.807) is 0 Å². The normalized spacial score (nSPS) is 18.9. The van der Waals surface area contributed by atoms with Crippen molar-refractivity contribution in [1.82, 2.24) is 14.3 Å². The molecule has 0 unspecified atom stereocenters. The van der Waals surface area contributed by atoms with Gasteiger partial charge in [0.2, 0.25) is 0 Å². The summed E-state index contributed by atoms with van der Waals surface area (Å²) in [7, 11) is 2.20. The molecule has 3 nitrogen and oxygen atoms in total. The van der Waals surface area contributed by atoms with Crippen LogP contribution >= 0.6 is 0 Å². The van der Waals surface area contributed by atoms with E-state index in [1.165, 1.54) is 42.8 Å². The number of nitrogens with zero attached hydrogens (tertiary/aromatic N) is 3. The number of pyridine rings is 1. The van der Waals surface area contributed by atoms with E-state index in [-0.39, 0.29) is 0 Å². The third kappa shape index (κ3) is 1.95. The van der Waals surface area contributed by atoms with E-state index < -0.39 is 0 Å². The minimum atomic E-state index is 0.622. The molecular weight excluding hydrogens is 210 g/mol. The summed E-state index contributed by atoms with van der Waals surface area (Å²) in [5, 5.41) is 0. The summed E-state index contributed by atoms with van der Waals surface area (Å²) in [5.41, 5.74) is 2.52. The van der Waals surface area contributed by atoms with E-state index in [4.69, 9.17) is 0 Å². The van der Waals surface area contributed by atoms with Crippen molar-refractivity contribution >= 4 is 5.52 Å². The Morgan fingerprint density at radius 1 is 1.29 bits per heavy atom. The SMILES string of the molecule is Cc1ccn2c(C3CCN(C)CC3)ncc2c1. The molecule has 3 heterocycles. The highest BCUT2D eigenvalue weighted by Gasteiger charge is 2.21. The van der Waals surface area contributed by atoms with Gasteiger partial charge in [-0.05, 0) is 57.6 Å². The Labute approximate surface area is 102 Å². The highest BCUT2D eigenvalue weighted by Crippen LogP contribution is 2.27. The average Bonchev–Trinajstić information content (AvgIpc) is 2.73. The number of hydrogen-bond donors (Lipinski definition) is 0. The maximum atomic E-state index is 4.63. The minimum absolute atomic E-state index is 0.622. The van der Waals surface area contributed by atoms with Gasteiger partial charge in [-0.15, -0.1) is 0 Å². The van der Waals surface area contributed by atoms with Crippen LogP contribution in [0.25, 0.3) is 5.52 Å². The molecule has 0 radical (unpaired) electrons. The number of aromatic nitrogens is 2. The Bertz CT molecular complexity index is 521. The number of piperidine rings is 1. The summed E-state index contributed by atoms with van der Waals surface area (Å²) in [4.78, 5) is 7.03. The molecule has 17 heavy (non-hydrogen) atoms. The molecule has 0 aromatic carbocycles. The van der Waals surface area contributed by atoms with Gasteiger partial charge in [0.05, 0.1) is 11.7 Å². The monoisotopic (exact) mass is 229 g/mol. The second-order valence-electron chi connectivity index (χ2n) is 5.19. The fraction of sp³-hybridized carbons (Fsp3) is 0.500. The van der Waals surface area contributed by atoms with Crippen molar-refractivity contribution in [3.05, 3.63) is 35.9 Å². The number of imidazole rings is 1. The maximum Gasteiger partial charge on any atom is 0.116 e. The molecule has 1 saturated heterocycles. The minimum Gasteiger partial charge on any atom is -0.306 e. The molecule has 1 aliphatic rings. The second kappa shape index (κ2) is 4.15. The van der Waals surface area contributed by atoms with Crippen molar-refractivity contribution in [3.8, 4) is 0 Å². The molecule has 0 amide bonds. The molecule has 90 valence electrons. The van der Waals surface area contributed by atoms with Crippen LogP contribution in [0.3, 0.4) is 0 Å². The molecule has 3 heteroatoms. The van der Waals surface area contributed by atoms with Crippen LogP contribution in [0.15, 0.2) is 24.5 Å². The maximum absolute atomic E-state index is 4.63. The van der Waals surface area contributed by atoms with Crippen LogP contribution in [0.4, 0.5) is 0 Å². The molecule has 3 rings (SSSR count). The lowest BCUT2D eigenvalue weighted by atomic mass is 9.96. The van der Waals surface area contributed by atoms with E-state index in [1.807, 2.05) is 6.20 Å². The molecule has 0 aliphatic carbocycles. The van der Waals surface area contributed by atoms with Crippen LogP contribution in [0.2, 0.25) is 0 Å². The molecule has 0 bridgehead atoms. The molecule has 0 spiro atoms. The molecular formula is C14H19N3. The molecule has 1 aliphatic heterocycles. The molecule has 1 fully saturated rings. The molecule has 0 saturated carbocycles. The topological polar surface area (TPSA) is 20.5 Å². The zero-order valence-corrected chi connectivity index (χ0v) is 10.6. The van der Waals surface area contributed by atoms with Crippen LogP contribution in [0, 0.1) is 6.92 Å². The molecule has 0 N–H and O–H groups in total. The van der Waals surface area contributed by atoms with Crippen molar-refractivity contribution in [2.45, 2.75) is 25.7 Å². The number of hydrogen-bond acceptors (Lipinski definition) is 2. The van der Waals surface area contributed by atoms with Crippen LogP contribution in [-0.4, -0.2) is 34.4 Å². The van der Waals surface area contributed by atoms with Gasteiger partial charge in [0.1, 0.15) is 5.82 Å². The van der Waals surface area contributed by atoms with E-state index in [0.29, 0.717) is 5.92 Å². The van der Waals surface area contributed by atoms with Gasteiger partial charge in [-0.1, -0.05) is 0 Å². The van der Waals surface area contributed by atoms with Crippen LogP contribution < -0.4 is 0 Å². The first-order chi connectivity index (χ1) is 8.24. The van der Waals surface area contributed by atoms with Gasteiger partial charge in [0, 0.05) is 12.1 Å². The Morgan fingerprint density at radius 2 is 2.06 bits per heavy atom. The van der Waals surface area contributed by atoms with Gasteiger partial charge in [-0.25, -0.2) is 4.98 Å². The highest BCUT2D eigenvalue weighted by molar-refractivity contribution is 5.48. The van der Waals surface area contributed by atoms with Gasteiger partial charge in [0.25, 0.3) is 0 Å². The standard InChI is InChI=1S/C14H19N3/c1-11-3-8-17-13(9-11)10-15-14(17)12-4-6-16(2)7-5-12/h3,8-10,12H,4-7H2,1-2H3. The summed E-state index contributed by atoms with van der Waals surface area (Å²) in [6.45, 7) is 4.50. The van der Waals surface area contributed by atoms with Crippen LogP contribution in [-0.2, 0) is 0 Å². The summed E-state index contributed by atoms with van der Waals surface area (Å²) in [6, 6.07) is 4.36. The summed E-state index contributed by atoms with van der Waals surface area (Å²) >= 11 is 0. The van der Waals surface area contributed by atoms with Crippen molar-refractivity contribution in [2.75, 3.05) is 20.1 Å². The van der Waals surface area contributed by atoms with Gasteiger partial charge in [0.15, 0.2) is 0 Å². The Morgan fingerprint density at radius 3 is 2.82 bits per heavy atom. The van der Waals surface area contributed by atoms with E-state index in [9.17, 15) is 0 Å². The van der Waals surface area contributed by atoms with Gasteiger partial charge in [-0.2, -0.15) is 0 Å². The second-order valence-corrected chi connectivity index (χ2v) is 5.19. The lowest BCUT2D eigenvalue weighted by Gasteiger charge is -2.28. The summed E-state index contributed by atoms with van der Waals surface area (Å²) in [5.74, 6) is 1.87. The zero-order valence-electron chi connectivity index (χ0n) is 10.6. The molecule has 0 atom stereocenters. The van der Waals surface area contributed by atoms with Crippen molar-refractivity contribution in [2.24, 2.45) is 0 Å². The summed E-state index contributed by atoms with van der Waals surface area (Å²) < 4.78 is 2.25. The van der Waals surface area contributed by atoms with Gasteiger partial charge in [-0.3, -0.25) is 0 Å². The van der Waals surface area contributed by atoms with E-state index in [0.717, 1.165) is 0 Å². The van der Waals surface area contributed by atoms with Gasteiger partial charge < -0.3 is 9.30 Å². The van der Waals surface area contributed by atoms with Gasteiger partial charge >= 0.3 is 0 Å². The first-order valence-corrected chi connectivity index (χ1v) is 6.36. The number of rotatable bonds is 1. The third-order valence-corrected chi connectivity index (χ3v) is 3.80. The van der Waals surface area contributed by atoms with Crippen molar-refractivity contribution in [3.63, 3.8) is 0 Å².